The number of nitrogens with one attached hydrogen (secondary N) is 1. The molecule has 1 aromatic carbocycles. The molecule has 0 bridgehead atoms. The van der Waals surface area contributed by atoms with Gasteiger partial charge in [0.15, 0.2) is 11.5 Å². The third kappa shape index (κ3) is 3.38. The number of hydrogen-bond acceptors (Lipinski definition) is 5. The first-order chi connectivity index (χ1) is 14.1. The number of benzene rings is 1. The molecule has 0 aliphatic heterocycles. The maximum atomic E-state index is 13.3. The van der Waals surface area contributed by atoms with Crippen LogP contribution in [0.3, 0.4) is 0 Å². The molecule has 0 aliphatic carbocycles. The first kappa shape index (κ1) is 19.9. The molecule has 0 radical (unpaired) electrons. The minimum Gasteiger partial charge on any atom is -0.277 e. The maximum absolute atomic E-state index is 13.3. The molecule has 0 unspecified atom stereocenters. The van der Waals surface area contributed by atoms with Gasteiger partial charge in [0.1, 0.15) is 4.90 Å². The fourth-order valence-corrected chi connectivity index (χ4v) is 4.13. The minimum absolute atomic E-state index is 0.0630. The van der Waals surface area contributed by atoms with Gasteiger partial charge in [-0.2, -0.15) is 23.4 Å². The molecular weight excluding hydrogens is 421 g/mol. The van der Waals surface area contributed by atoms with Gasteiger partial charge >= 0.3 is 6.18 Å². The molecule has 0 fully saturated rings. The number of alkyl halides is 3. The van der Waals surface area contributed by atoms with Crippen molar-refractivity contribution in [1.82, 2.24) is 24.5 Å². The molecule has 4 rings (SSSR count). The summed E-state index contributed by atoms with van der Waals surface area (Å²) in [5.74, 6) is -0.150. The fourth-order valence-electron chi connectivity index (χ4n) is 3.12. The molecule has 1 N–H and O–H groups in total. The van der Waals surface area contributed by atoms with Crippen LogP contribution in [0.4, 0.5) is 18.9 Å². The van der Waals surface area contributed by atoms with E-state index in [4.69, 9.17) is 0 Å². The lowest BCUT2D eigenvalue weighted by atomic mass is 10.2. The third-order valence-electron chi connectivity index (χ3n) is 4.47. The Bertz CT molecular complexity index is 1340. The van der Waals surface area contributed by atoms with Gasteiger partial charge in [0, 0.05) is 18.6 Å². The van der Waals surface area contributed by atoms with Crippen LogP contribution >= 0.6 is 0 Å². The van der Waals surface area contributed by atoms with Gasteiger partial charge < -0.3 is 0 Å². The molecule has 0 aliphatic rings. The lowest BCUT2D eigenvalue weighted by Crippen LogP contribution is -2.17. The van der Waals surface area contributed by atoms with Gasteiger partial charge in [-0.3, -0.25) is 9.40 Å². The summed E-state index contributed by atoms with van der Waals surface area (Å²) in [6.07, 6.45) is -0.965. The van der Waals surface area contributed by atoms with Gasteiger partial charge in [-0.05, 0) is 30.7 Å². The van der Waals surface area contributed by atoms with Crippen LogP contribution in [0.15, 0.2) is 53.8 Å². The topological polar surface area (TPSA) is 94.7 Å². The van der Waals surface area contributed by atoms with Crippen LogP contribution in [0.2, 0.25) is 0 Å². The molecule has 12 heteroatoms. The Balaban J connectivity index is 1.68. The number of fused-ring (bicyclic) bond motifs is 1. The monoisotopic (exact) mass is 436 g/mol. The van der Waals surface area contributed by atoms with E-state index in [1.165, 1.54) is 23.7 Å². The van der Waals surface area contributed by atoms with E-state index in [1.807, 2.05) is 0 Å². The Labute approximate surface area is 169 Å². The molecule has 0 atom stereocenters. The SMILES string of the molecule is Cc1cnn(-c2ccc(S(=O)(=O)Nc3cccc4cnn(C)c34)cn2)c1C(F)(F)F. The van der Waals surface area contributed by atoms with Gasteiger partial charge in [0.05, 0.1) is 23.6 Å². The molecule has 4 aromatic rings. The van der Waals surface area contributed by atoms with Crippen molar-refractivity contribution in [3.8, 4) is 5.82 Å². The van der Waals surface area contributed by atoms with Crippen LogP contribution in [0.25, 0.3) is 16.7 Å². The highest BCUT2D eigenvalue weighted by molar-refractivity contribution is 7.92. The number of pyridine rings is 1. The van der Waals surface area contributed by atoms with Crippen LogP contribution < -0.4 is 4.72 Å². The Hall–Kier alpha value is -3.41. The van der Waals surface area contributed by atoms with Crippen molar-refractivity contribution in [3.05, 3.63) is 60.2 Å². The number of rotatable bonds is 4. The number of para-hydroxylation sites is 1. The Kier molecular flexibility index (Phi) is 4.53. The average molecular weight is 436 g/mol. The van der Waals surface area contributed by atoms with Gasteiger partial charge in [-0.25, -0.2) is 18.1 Å². The molecule has 3 aromatic heterocycles. The van der Waals surface area contributed by atoms with Crippen molar-refractivity contribution < 1.29 is 21.6 Å². The second-order valence-electron chi connectivity index (χ2n) is 6.55. The number of aromatic nitrogens is 5. The highest BCUT2D eigenvalue weighted by Crippen LogP contribution is 2.33. The van der Waals surface area contributed by atoms with E-state index in [-0.39, 0.29) is 16.3 Å². The largest absolute Gasteiger partial charge is 0.433 e. The third-order valence-corrected chi connectivity index (χ3v) is 5.82. The molecule has 0 saturated carbocycles. The first-order valence-corrected chi connectivity index (χ1v) is 10.1. The van der Waals surface area contributed by atoms with E-state index >= 15 is 0 Å². The van der Waals surface area contributed by atoms with Crippen LogP contribution in [-0.2, 0) is 23.2 Å². The number of hydrogen-bond donors (Lipinski definition) is 1. The normalized spacial score (nSPS) is 12.4. The smallest absolute Gasteiger partial charge is 0.277 e. The number of sulfonamides is 1. The molecule has 0 saturated heterocycles. The van der Waals surface area contributed by atoms with Crippen LogP contribution in [0.1, 0.15) is 11.3 Å². The Morgan fingerprint density at radius 3 is 2.47 bits per heavy atom. The van der Waals surface area contributed by atoms with E-state index < -0.39 is 21.9 Å². The molecule has 156 valence electrons. The van der Waals surface area contributed by atoms with E-state index in [0.29, 0.717) is 15.9 Å². The molecule has 30 heavy (non-hydrogen) atoms. The van der Waals surface area contributed by atoms with Crippen molar-refractivity contribution in [2.75, 3.05) is 4.72 Å². The second kappa shape index (κ2) is 6.83. The predicted octanol–water partition coefficient (Wildman–Crippen LogP) is 3.28. The summed E-state index contributed by atoms with van der Waals surface area (Å²) in [6, 6.07) is 7.40. The molecule has 0 amide bonds. The zero-order valence-electron chi connectivity index (χ0n) is 15.7. The number of halogens is 3. The van der Waals surface area contributed by atoms with Crippen molar-refractivity contribution in [2.24, 2.45) is 7.05 Å². The van der Waals surface area contributed by atoms with Crippen molar-refractivity contribution in [3.63, 3.8) is 0 Å². The van der Waals surface area contributed by atoms with E-state index in [2.05, 4.69) is 19.9 Å². The Morgan fingerprint density at radius 2 is 1.80 bits per heavy atom. The summed E-state index contributed by atoms with van der Waals surface area (Å²) in [4.78, 5) is 3.67. The predicted molar refractivity (Wildman–Crippen MR) is 103 cm³/mol. The highest BCUT2D eigenvalue weighted by Gasteiger charge is 2.37. The standard InChI is InChI=1S/C18H15F3N6O2S/c1-11-8-24-27(17(11)18(19,20)21)15-7-6-13(10-22-15)30(28,29)25-14-5-3-4-12-9-23-26(2)16(12)14/h3-10,25H,1-2H3. The van der Waals surface area contributed by atoms with Gasteiger partial charge in [0.25, 0.3) is 10.0 Å². The van der Waals surface area contributed by atoms with Crippen LogP contribution in [0, 0.1) is 6.92 Å². The van der Waals surface area contributed by atoms with Gasteiger partial charge in [-0.15, -0.1) is 0 Å². The molecular formula is C18H15F3N6O2S. The Morgan fingerprint density at radius 1 is 1.03 bits per heavy atom. The van der Waals surface area contributed by atoms with Crippen molar-refractivity contribution in [1.29, 1.82) is 0 Å². The van der Waals surface area contributed by atoms with Crippen LogP contribution in [-0.4, -0.2) is 33.0 Å². The molecule has 0 spiro atoms. The maximum Gasteiger partial charge on any atom is 0.433 e. The zero-order valence-corrected chi connectivity index (χ0v) is 16.5. The summed E-state index contributed by atoms with van der Waals surface area (Å²) in [6.45, 7) is 1.29. The average Bonchev–Trinajstić information content (AvgIpc) is 3.25. The second-order valence-corrected chi connectivity index (χ2v) is 8.24. The summed E-state index contributed by atoms with van der Waals surface area (Å²) in [5.41, 5.74) is -0.121. The van der Waals surface area contributed by atoms with Crippen LogP contribution in [0.5, 0.6) is 0 Å². The van der Waals surface area contributed by atoms with Crippen molar-refractivity contribution in [2.45, 2.75) is 18.0 Å². The van der Waals surface area contributed by atoms with E-state index in [1.54, 1.807) is 31.4 Å². The number of nitrogens with zero attached hydrogens (tertiary/aromatic N) is 5. The summed E-state index contributed by atoms with van der Waals surface area (Å²) < 4.78 is 70.0. The van der Waals surface area contributed by atoms with E-state index in [0.717, 1.165) is 17.8 Å². The number of aryl methyl sites for hydroxylation is 2. The minimum atomic E-state index is -4.63. The number of anilines is 1. The molecule has 8 nitrogen and oxygen atoms in total. The highest BCUT2D eigenvalue weighted by atomic mass is 32.2. The summed E-state index contributed by atoms with van der Waals surface area (Å²) in [5, 5.41) is 8.56. The van der Waals surface area contributed by atoms with Gasteiger partial charge in [0.2, 0.25) is 0 Å². The first-order valence-electron chi connectivity index (χ1n) is 8.60. The zero-order chi connectivity index (χ0) is 21.7. The lowest BCUT2D eigenvalue weighted by molar-refractivity contribution is -0.143. The fraction of sp³-hybridized carbons (Fsp3) is 0.167. The van der Waals surface area contributed by atoms with Crippen molar-refractivity contribution >= 4 is 26.6 Å². The quantitative estimate of drug-likeness (QED) is 0.530. The summed E-state index contributed by atoms with van der Waals surface area (Å²) >= 11 is 0. The molecule has 3 heterocycles. The van der Waals surface area contributed by atoms with Gasteiger partial charge in [-0.1, -0.05) is 12.1 Å². The lowest BCUT2D eigenvalue weighted by Gasteiger charge is -2.12. The van der Waals surface area contributed by atoms with E-state index in [9.17, 15) is 21.6 Å². The summed E-state index contributed by atoms with van der Waals surface area (Å²) in [7, 11) is -2.36.